The zero-order valence-electron chi connectivity index (χ0n) is 7.50. The molecule has 0 unspecified atom stereocenters. The van der Waals surface area contributed by atoms with Crippen molar-refractivity contribution >= 4 is 15.9 Å². The van der Waals surface area contributed by atoms with Gasteiger partial charge in [0.1, 0.15) is 0 Å². The highest BCUT2D eigenvalue weighted by Gasteiger charge is 1.94. The van der Waals surface area contributed by atoms with Crippen LogP contribution in [-0.2, 0) is 4.74 Å². The molecular weight excluding hydrogens is 234 g/mol. The van der Waals surface area contributed by atoms with E-state index in [0.717, 1.165) is 17.5 Å². The normalized spacial score (nSPS) is 10.0. The number of rotatable bonds is 5. The lowest BCUT2D eigenvalue weighted by molar-refractivity contribution is 0.170. The first-order valence-electron chi connectivity index (χ1n) is 4.06. The fourth-order valence-corrected chi connectivity index (χ4v) is 1.06. The molecule has 0 fully saturated rings. The highest BCUT2D eigenvalue weighted by molar-refractivity contribution is 9.10. The molecule has 0 aliphatic rings. The third-order valence-electron chi connectivity index (χ3n) is 1.44. The van der Waals surface area contributed by atoms with Crippen LogP contribution in [0.2, 0.25) is 0 Å². The first-order chi connectivity index (χ1) is 6.33. The molecule has 4 heteroatoms. The van der Waals surface area contributed by atoms with Crippen LogP contribution in [0, 0.1) is 0 Å². The number of hydrogen-bond acceptors (Lipinski definition) is 3. The number of methoxy groups -OCH3 is 1. The minimum absolute atomic E-state index is 0.641. The minimum atomic E-state index is 0.641. The molecule has 1 aromatic heterocycles. The molecule has 3 nitrogen and oxygen atoms in total. The van der Waals surface area contributed by atoms with Gasteiger partial charge in [0.2, 0.25) is 5.88 Å². The van der Waals surface area contributed by atoms with Crippen LogP contribution in [0.3, 0.4) is 0 Å². The lowest BCUT2D eigenvalue weighted by atomic mass is 10.5. The second-order valence-corrected chi connectivity index (χ2v) is 3.43. The van der Waals surface area contributed by atoms with Crippen molar-refractivity contribution in [1.82, 2.24) is 4.98 Å². The van der Waals surface area contributed by atoms with Crippen LogP contribution in [-0.4, -0.2) is 25.3 Å². The van der Waals surface area contributed by atoms with E-state index >= 15 is 0 Å². The van der Waals surface area contributed by atoms with Crippen LogP contribution in [0.25, 0.3) is 0 Å². The van der Waals surface area contributed by atoms with Crippen molar-refractivity contribution in [1.29, 1.82) is 0 Å². The summed E-state index contributed by atoms with van der Waals surface area (Å²) >= 11 is 3.30. The summed E-state index contributed by atoms with van der Waals surface area (Å²) in [5, 5.41) is 0. The summed E-state index contributed by atoms with van der Waals surface area (Å²) in [7, 11) is 1.68. The number of aromatic nitrogens is 1. The van der Waals surface area contributed by atoms with E-state index in [1.54, 1.807) is 13.3 Å². The molecule has 0 amide bonds. The summed E-state index contributed by atoms with van der Waals surface area (Å²) in [6.45, 7) is 1.36. The summed E-state index contributed by atoms with van der Waals surface area (Å²) < 4.78 is 11.2. The number of ether oxygens (including phenoxy) is 2. The summed E-state index contributed by atoms with van der Waals surface area (Å²) in [6, 6.07) is 3.73. The second kappa shape index (κ2) is 5.94. The van der Waals surface area contributed by atoms with Gasteiger partial charge in [0, 0.05) is 36.9 Å². The Morgan fingerprint density at radius 2 is 2.23 bits per heavy atom. The highest BCUT2D eigenvalue weighted by atomic mass is 79.9. The summed E-state index contributed by atoms with van der Waals surface area (Å²) in [5.74, 6) is 0.652. The quantitative estimate of drug-likeness (QED) is 0.747. The molecule has 0 bridgehead atoms. The van der Waals surface area contributed by atoms with E-state index in [-0.39, 0.29) is 0 Å². The van der Waals surface area contributed by atoms with Crippen LogP contribution in [0.15, 0.2) is 22.8 Å². The van der Waals surface area contributed by atoms with Crippen LogP contribution in [0.5, 0.6) is 5.88 Å². The number of hydrogen-bond donors (Lipinski definition) is 0. The van der Waals surface area contributed by atoms with E-state index in [9.17, 15) is 0 Å². The van der Waals surface area contributed by atoms with E-state index in [0.29, 0.717) is 12.5 Å². The molecule has 0 N–H and O–H groups in total. The maximum atomic E-state index is 5.35. The standard InChI is InChI=1S/C9H12BrNO2/c1-12-5-2-6-13-9-4-3-8(10)7-11-9/h3-4,7H,2,5-6H2,1H3. The first kappa shape index (κ1) is 10.5. The first-order valence-corrected chi connectivity index (χ1v) is 4.85. The average molecular weight is 246 g/mol. The van der Waals surface area contributed by atoms with Gasteiger partial charge in [-0.2, -0.15) is 0 Å². The third kappa shape index (κ3) is 4.24. The third-order valence-corrected chi connectivity index (χ3v) is 1.91. The second-order valence-electron chi connectivity index (χ2n) is 2.51. The van der Waals surface area contributed by atoms with Crippen molar-refractivity contribution in [2.45, 2.75) is 6.42 Å². The van der Waals surface area contributed by atoms with Gasteiger partial charge in [-0.1, -0.05) is 0 Å². The predicted molar refractivity (Wildman–Crippen MR) is 53.9 cm³/mol. The van der Waals surface area contributed by atoms with Gasteiger partial charge >= 0.3 is 0 Å². The van der Waals surface area contributed by atoms with E-state index in [1.165, 1.54) is 0 Å². The Bertz CT molecular complexity index is 238. The summed E-state index contributed by atoms with van der Waals surface area (Å²) in [4.78, 5) is 4.07. The average Bonchev–Trinajstić information content (AvgIpc) is 2.15. The Balaban J connectivity index is 2.25. The van der Waals surface area contributed by atoms with E-state index in [4.69, 9.17) is 9.47 Å². The lowest BCUT2D eigenvalue weighted by Crippen LogP contribution is -2.02. The molecule has 72 valence electrons. The molecule has 0 aromatic carbocycles. The van der Waals surface area contributed by atoms with Gasteiger partial charge in [0.25, 0.3) is 0 Å². The van der Waals surface area contributed by atoms with E-state index in [2.05, 4.69) is 20.9 Å². The minimum Gasteiger partial charge on any atom is -0.478 e. The molecule has 0 saturated heterocycles. The SMILES string of the molecule is COCCCOc1ccc(Br)cn1. The van der Waals surface area contributed by atoms with Crippen molar-refractivity contribution < 1.29 is 9.47 Å². The van der Waals surface area contributed by atoms with Gasteiger partial charge < -0.3 is 9.47 Å². The van der Waals surface area contributed by atoms with Gasteiger partial charge in [0.15, 0.2) is 0 Å². The number of halogens is 1. The fraction of sp³-hybridized carbons (Fsp3) is 0.444. The molecule has 1 aromatic rings. The Labute approximate surface area is 86.2 Å². The Hall–Kier alpha value is -0.610. The molecule has 0 saturated carbocycles. The smallest absolute Gasteiger partial charge is 0.213 e. The van der Waals surface area contributed by atoms with Crippen molar-refractivity contribution in [3.8, 4) is 5.88 Å². The maximum Gasteiger partial charge on any atom is 0.213 e. The Kier molecular flexibility index (Phi) is 4.78. The summed E-state index contributed by atoms with van der Waals surface area (Å²) in [6.07, 6.45) is 2.60. The Morgan fingerprint density at radius 1 is 1.38 bits per heavy atom. The van der Waals surface area contributed by atoms with Crippen LogP contribution in [0.1, 0.15) is 6.42 Å². The molecule has 13 heavy (non-hydrogen) atoms. The number of pyridine rings is 1. The van der Waals surface area contributed by atoms with E-state index in [1.807, 2.05) is 12.1 Å². The van der Waals surface area contributed by atoms with Gasteiger partial charge in [-0.05, 0) is 22.0 Å². The zero-order valence-corrected chi connectivity index (χ0v) is 9.08. The van der Waals surface area contributed by atoms with Crippen molar-refractivity contribution in [3.63, 3.8) is 0 Å². The molecule has 0 aliphatic heterocycles. The van der Waals surface area contributed by atoms with E-state index < -0.39 is 0 Å². The lowest BCUT2D eigenvalue weighted by Gasteiger charge is -2.03. The van der Waals surface area contributed by atoms with Crippen molar-refractivity contribution in [2.75, 3.05) is 20.3 Å². The van der Waals surface area contributed by atoms with Gasteiger partial charge in [-0.15, -0.1) is 0 Å². The van der Waals surface area contributed by atoms with Crippen LogP contribution >= 0.6 is 15.9 Å². The molecule has 0 atom stereocenters. The summed E-state index contributed by atoms with van der Waals surface area (Å²) in [5.41, 5.74) is 0. The molecule has 1 rings (SSSR count). The topological polar surface area (TPSA) is 31.4 Å². The maximum absolute atomic E-state index is 5.35. The van der Waals surface area contributed by atoms with Crippen LogP contribution in [0.4, 0.5) is 0 Å². The van der Waals surface area contributed by atoms with Gasteiger partial charge in [0.05, 0.1) is 6.61 Å². The predicted octanol–water partition coefficient (Wildman–Crippen LogP) is 2.26. The number of nitrogens with zero attached hydrogens (tertiary/aromatic N) is 1. The highest BCUT2D eigenvalue weighted by Crippen LogP contribution is 2.12. The fourth-order valence-electron chi connectivity index (χ4n) is 0.828. The zero-order chi connectivity index (χ0) is 9.52. The van der Waals surface area contributed by atoms with Gasteiger partial charge in [-0.3, -0.25) is 0 Å². The molecule has 0 aliphatic carbocycles. The monoisotopic (exact) mass is 245 g/mol. The molecule has 0 radical (unpaired) electrons. The van der Waals surface area contributed by atoms with Crippen molar-refractivity contribution in [3.05, 3.63) is 22.8 Å². The van der Waals surface area contributed by atoms with Gasteiger partial charge in [-0.25, -0.2) is 4.98 Å². The largest absolute Gasteiger partial charge is 0.478 e. The van der Waals surface area contributed by atoms with Crippen molar-refractivity contribution in [2.24, 2.45) is 0 Å². The Morgan fingerprint density at radius 3 is 2.85 bits per heavy atom. The molecule has 1 heterocycles. The van der Waals surface area contributed by atoms with Crippen LogP contribution < -0.4 is 4.74 Å². The molecular formula is C9H12BrNO2. The molecule has 0 spiro atoms.